The molecule has 5 N–H and O–H groups in total. The highest BCUT2D eigenvalue weighted by Gasteiger charge is 2.29. The third-order valence-corrected chi connectivity index (χ3v) is 2.62. The molecular formula is C13H19N3O3. The van der Waals surface area contributed by atoms with Crippen LogP contribution in [0, 0.1) is 0 Å². The smallest absolute Gasteiger partial charge is 0.244 e. The highest BCUT2D eigenvalue weighted by molar-refractivity contribution is 5.86. The fourth-order valence-corrected chi connectivity index (χ4v) is 1.51. The largest absolute Gasteiger partial charge is 0.370 e. The molecule has 0 heterocycles. The van der Waals surface area contributed by atoms with Gasteiger partial charge in [-0.3, -0.25) is 9.59 Å². The van der Waals surface area contributed by atoms with Crippen molar-refractivity contribution in [3.63, 3.8) is 0 Å². The lowest BCUT2D eigenvalue weighted by molar-refractivity contribution is -0.126. The van der Waals surface area contributed by atoms with Crippen molar-refractivity contribution in [3.05, 3.63) is 35.9 Å². The van der Waals surface area contributed by atoms with Gasteiger partial charge < -0.3 is 21.5 Å². The summed E-state index contributed by atoms with van der Waals surface area (Å²) >= 11 is 0. The zero-order chi connectivity index (χ0) is 14.3. The molecule has 1 unspecified atom stereocenters. The van der Waals surface area contributed by atoms with Gasteiger partial charge >= 0.3 is 0 Å². The van der Waals surface area contributed by atoms with Crippen molar-refractivity contribution in [1.82, 2.24) is 5.32 Å². The van der Waals surface area contributed by atoms with Crippen molar-refractivity contribution >= 4 is 11.8 Å². The number of carbonyl (C=O) groups is 2. The second kappa shape index (κ2) is 6.86. The highest BCUT2D eigenvalue weighted by atomic mass is 16.5. The van der Waals surface area contributed by atoms with Crippen LogP contribution in [0.4, 0.5) is 0 Å². The van der Waals surface area contributed by atoms with Crippen molar-refractivity contribution in [2.75, 3.05) is 19.8 Å². The standard InChI is InChI=1S/C13H19N3O3/c1-13(15,10-5-3-2-4-6-10)12(18)16-7-8-19-9-11(14)17/h2-6H,7-9,15H2,1H3,(H2,14,17)(H,16,18). The molecule has 6 nitrogen and oxygen atoms in total. The lowest BCUT2D eigenvalue weighted by Crippen LogP contribution is -2.49. The van der Waals surface area contributed by atoms with E-state index in [0.29, 0.717) is 0 Å². The molecule has 0 fully saturated rings. The summed E-state index contributed by atoms with van der Waals surface area (Å²) in [7, 11) is 0. The summed E-state index contributed by atoms with van der Waals surface area (Å²) in [5, 5.41) is 2.65. The summed E-state index contributed by atoms with van der Waals surface area (Å²) in [6.45, 7) is 1.96. The van der Waals surface area contributed by atoms with E-state index < -0.39 is 11.4 Å². The molecule has 0 saturated heterocycles. The second-order valence-electron chi connectivity index (χ2n) is 4.34. The second-order valence-corrected chi connectivity index (χ2v) is 4.34. The summed E-state index contributed by atoms with van der Waals surface area (Å²) in [5.41, 5.74) is 10.5. The molecule has 0 aliphatic heterocycles. The first-order chi connectivity index (χ1) is 8.94. The van der Waals surface area contributed by atoms with Crippen LogP contribution >= 0.6 is 0 Å². The molecule has 0 aromatic heterocycles. The van der Waals surface area contributed by atoms with Crippen LogP contribution in [-0.4, -0.2) is 31.6 Å². The molecule has 1 rings (SSSR count). The van der Waals surface area contributed by atoms with E-state index in [2.05, 4.69) is 5.32 Å². The minimum absolute atomic E-state index is 0.158. The number of hydrogen-bond donors (Lipinski definition) is 3. The van der Waals surface area contributed by atoms with E-state index in [9.17, 15) is 9.59 Å². The molecule has 1 aromatic rings. The first-order valence-electron chi connectivity index (χ1n) is 5.93. The van der Waals surface area contributed by atoms with E-state index in [1.165, 1.54) is 0 Å². The number of primary amides is 1. The lowest BCUT2D eigenvalue weighted by atomic mass is 9.92. The zero-order valence-electron chi connectivity index (χ0n) is 10.9. The molecule has 0 aliphatic carbocycles. The molecule has 0 spiro atoms. The Morgan fingerprint density at radius 3 is 2.53 bits per heavy atom. The van der Waals surface area contributed by atoms with Gasteiger partial charge in [0.2, 0.25) is 11.8 Å². The normalized spacial score (nSPS) is 13.6. The molecule has 0 bridgehead atoms. The van der Waals surface area contributed by atoms with Crippen LogP contribution in [0.2, 0.25) is 0 Å². The Kier molecular flexibility index (Phi) is 5.47. The Morgan fingerprint density at radius 2 is 1.95 bits per heavy atom. The van der Waals surface area contributed by atoms with Gasteiger partial charge in [-0.2, -0.15) is 0 Å². The predicted molar refractivity (Wildman–Crippen MR) is 71.0 cm³/mol. The Balaban J connectivity index is 2.42. The van der Waals surface area contributed by atoms with E-state index in [-0.39, 0.29) is 25.7 Å². The number of carbonyl (C=O) groups excluding carboxylic acids is 2. The molecule has 19 heavy (non-hydrogen) atoms. The molecule has 2 amide bonds. The van der Waals surface area contributed by atoms with E-state index >= 15 is 0 Å². The average Bonchev–Trinajstić information content (AvgIpc) is 2.38. The van der Waals surface area contributed by atoms with Crippen molar-refractivity contribution in [2.45, 2.75) is 12.5 Å². The first-order valence-corrected chi connectivity index (χ1v) is 5.93. The number of nitrogens with two attached hydrogens (primary N) is 2. The topological polar surface area (TPSA) is 107 Å². The third kappa shape index (κ3) is 4.69. The van der Waals surface area contributed by atoms with E-state index in [4.69, 9.17) is 16.2 Å². The van der Waals surface area contributed by atoms with Gasteiger partial charge in [0.05, 0.1) is 6.61 Å². The maximum atomic E-state index is 12.0. The summed E-state index contributed by atoms with van der Waals surface area (Å²) in [5.74, 6) is -0.847. The van der Waals surface area contributed by atoms with Gasteiger partial charge in [-0.25, -0.2) is 0 Å². The van der Waals surface area contributed by atoms with Crippen LogP contribution in [-0.2, 0) is 19.9 Å². The lowest BCUT2D eigenvalue weighted by Gasteiger charge is -2.24. The van der Waals surface area contributed by atoms with Gasteiger partial charge in [-0.1, -0.05) is 30.3 Å². The Morgan fingerprint density at radius 1 is 1.32 bits per heavy atom. The SMILES string of the molecule is CC(N)(C(=O)NCCOCC(N)=O)c1ccccc1. The number of ether oxygens (including phenoxy) is 1. The molecule has 1 aromatic carbocycles. The minimum atomic E-state index is -1.11. The monoisotopic (exact) mass is 265 g/mol. The minimum Gasteiger partial charge on any atom is -0.370 e. The van der Waals surface area contributed by atoms with E-state index in [1.54, 1.807) is 19.1 Å². The summed E-state index contributed by atoms with van der Waals surface area (Å²) < 4.78 is 4.93. The van der Waals surface area contributed by atoms with Gasteiger partial charge in [0.15, 0.2) is 0 Å². The van der Waals surface area contributed by atoms with Crippen molar-refractivity contribution in [1.29, 1.82) is 0 Å². The third-order valence-electron chi connectivity index (χ3n) is 2.62. The summed E-state index contributed by atoms with van der Waals surface area (Å²) in [4.78, 5) is 22.4. The van der Waals surface area contributed by atoms with Gasteiger partial charge in [-0.15, -0.1) is 0 Å². The Bertz CT molecular complexity index is 432. The van der Waals surface area contributed by atoms with Crippen LogP contribution < -0.4 is 16.8 Å². The number of amides is 2. The first kappa shape index (κ1) is 15.1. The maximum absolute atomic E-state index is 12.0. The van der Waals surface area contributed by atoms with Crippen LogP contribution in [0.25, 0.3) is 0 Å². The predicted octanol–water partition coefficient (Wildman–Crippen LogP) is -0.521. The van der Waals surface area contributed by atoms with E-state index in [1.807, 2.05) is 18.2 Å². The van der Waals surface area contributed by atoms with Gasteiger partial charge in [0.1, 0.15) is 12.1 Å². The van der Waals surface area contributed by atoms with Crippen molar-refractivity contribution in [2.24, 2.45) is 11.5 Å². The quantitative estimate of drug-likeness (QED) is 0.576. The molecule has 1 atom stereocenters. The number of benzene rings is 1. The van der Waals surface area contributed by atoms with Crippen molar-refractivity contribution < 1.29 is 14.3 Å². The highest BCUT2D eigenvalue weighted by Crippen LogP contribution is 2.16. The Hall–Kier alpha value is -1.92. The fraction of sp³-hybridized carbons (Fsp3) is 0.385. The van der Waals surface area contributed by atoms with E-state index in [0.717, 1.165) is 5.56 Å². The van der Waals surface area contributed by atoms with Crippen LogP contribution in [0.15, 0.2) is 30.3 Å². The molecule has 0 saturated carbocycles. The van der Waals surface area contributed by atoms with Gasteiger partial charge in [0, 0.05) is 6.54 Å². The maximum Gasteiger partial charge on any atom is 0.244 e. The number of hydrogen-bond acceptors (Lipinski definition) is 4. The fourth-order valence-electron chi connectivity index (χ4n) is 1.51. The molecule has 0 aliphatic rings. The number of nitrogens with one attached hydrogen (secondary N) is 1. The molecular weight excluding hydrogens is 246 g/mol. The Labute approximate surface area is 112 Å². The zero-order valence-corrected chi connectivity index (χ0v) is 10.9. The van der Waals surface area contributed by atoms with Crippen molar-refractivity contribution in [3.8, 4) is 0 Å². The summed E-state index contributed by atoms with van der Waals surface area (Å²) in [6.07, 6.45) is 0. The average molecular weight is 265 g/mol. The van der Waals surface area contributed by atoms with Gasteiger partial charge in [-0.05, 0) is 12.5 Å². The van der Waals surface area contributed by atoms with Crippen LogP contribution in [0.5, 0.6) is 0 Å². The molecule has 104 valence electrons. The van der Waals surface area contributed by atoms with Crippen LogP contribution in [0.3, 0.4) is 0 Å². The molecule has 0 radical (unpaired) electrons. The molecule has 6 heteroatoms. The van der Waals surface area contributed by atoms with Gasteiger partial charge in [0.25, 0.3) is 0 Å². The number of rotatable bonds is 7. The summed E-state index contributed by atoms with van der Waals surface area (Å²) in [6, 6.07) is 9.09. The van der Waals surface area contributed by atoms with Crippen LogP contribution in [0.1, 0.15) is 12.5 Å².